The molecule has 0 heterocycles. The minimum absolute atomic E-state index is 0.0768. The zero-order valence-corrected chi connectivity index (χ0v) is 22.0. The number of rotatable bonds is 11. The van der Waals surface area contributed by atoms with Crippen LogP contribution in [0.4, 0.5) is 0 Å². The quantitative estimate of drug-likeness (QED) is 0.385. The van der Waals surface area contributed by atoms with Crippen LogP contribution in [0.5, 0.6) is 17.2 Å². The van der Waals surface area contributed by atoms with E-state index in [0.717, 1.165) is 11.1 Å². The number of ether oxygens (including phenoxy) is 3. The number of carbonyl (C=O) groups excluding carboxylic acids is 1. The van der Waals surface area contributed by atoms with Gasteiger partial charge in [-0.05, 0) is 54.8 Å². The number of hydrogen-bond acceptors (Lipinski definition) is 6. The molecule has 3 aromatic rings. The summed E-state index contributed by atoms with van der Waals surface area (Å²) >= 11 is 6.13. The molecule has 3 aromatic carbocycles. The van der Waals surface area contributed by atoms with Crippen molar-refractivity contribution in [3.05, 3.63) is 82.9 Å². The van der Waals surface area contributed by atoms with Gasteiger partial charge in [0.05, 0.1) is 37.3 Å². The highest BCUT2D eigenvalue weighted by Gasteiger charge is 2.28. The fourth-order valence-corrected chi connectivity index (χ4v) is 5.17. The molecule has 0 saturated heterocycles. The molecule has 3 rings (SSSR count). The van der Waals surface area contributed by atoms with Crippen LogP contribution < -0.4 is 24.2 Å². The van der Waals surface area contributed by atoms with Gasteiger partial charge >= 0.3 is 0 Å². The van der Waals surface area contributed by atoms with Gasteiger partial charge in [-0.15, -0.1) is 0 Å². The third-order valence-corrected chi connectivity index (χ3v) is 7.36. The van der Waals surface area contributed by atoms with Crippen LogP contribution in [0, 0.1) is 0 Å². The minimum Gasteiger partial charge on any atom is -0.495 e. The van der Waals surface area contributed by atoms with Crippen LogP contribution in [-0.4, -0.2) is 41.7 Å². The van der Waals surface area contributed by atoms with Crippen LogP contribution in [0.1, 0.15) is 24.1 Å². The molecule has 192 valence electrons. The Labute approximate surface area is 216 Å². The number of nitrogens with one attached hydrogen (secondary N) is 2. The first-order valence-corrected chi connectivity index (χ1v) is 13.0. The molecular weight excluding hydrogens is 504 g/mol. The molecule has 36 heavy (non-hydrogen) atoms. The minimum atomic E-state index is -4.08. The fraction of sp³-hybridized carbons (Fsp3) is 0.269. The molecule has 0 aliphatic carbocycles. The normalized spacial score (nSPS) is 12.9. The Hall–Kier alpha value is -3.27. The fourth-order valence-electron chi connectivity index (χ4n) is 3.63. The van der Waals surface area contributed by atoms with E-state index in [2.05, 4.69) is 10.0 Å². The van der Waals surface area contributed by atoms with Crippen molar-refractivity contribution in [3.8, 4) is 17.2 Å². The molecule has 0 aromatic heterocycles. The number of sulfonamides is 1. The van der Waals surface area contributed by atoms with Crippen LogP contribution >= 0.6 is 11.6 Å². The topological polar surface area (TPSA) is 103 Å². The average molecular weight is 533 g/mol. The van der Waals surface area contributed by atoms with Crippen molar-refractivity contribution < 1.29 is 27.4 Å². The Balaban J connectivity index is 1.86. The number of carbonyl (C=O) groups is 1. The summed E-state index contributed by atoms with van der Waals surface area (Å²) in [6.07, 6.45) is 0.147. The first-order valence-electron chi connectivity index (χ1n) is 11.1. The molecule has 0 bridgehead atoms. The zero-order valence-electron chi connectivity index (χ0n) is 20.4. The van der Waals surface area contributed by atoms with Gasteiger partial charge in [-0.3, -0.25) is 4.79 Å². The maximum atomic E-state index is 13.3. The molecule has 0 radical (unpaired) electrons. The van der Waals surface area contributed by atoms with Crippen molar-refractivity contribution in [1.29, 1.82) is 0 Å². The van der Waals surface area contributed by atoms with E-state index in [9.17, 15) is 13.2 Å². The van der Waals surface area contributed by atoms with Gasteiger partial charge in [0.25, 0.3) is 0 Å². The third kappa shape index (κ3) is 6.69. The lowest BCUT2D eigenvalue weighted by molar-refractivity contribution is -0.123. The van der Waals surface area contributed by atoms with Crippen LogP contribution in [-0.2, 0) is 21.2 Å². The Morgan fingerprint density at radius 3 is 2.14 bits per heavy atom. The van der Waals surface area contributed by atoms with Gasteiger partial charge in [0.15, 0.2) is 11.5 Å². The highest BCUT2D eigenvalue weighted by atomic mass is 35.5. The van der Waals surface area contributed by atoms with E-state index in [4.69, 9.17) is 25.8 Å². The summed E-state index contributed by atoms with van der Waals surface area (Å²) in [5.41, 5.74) is 1.57. The summed E-state index contributed by atoms with van der Waals surface area (Å²) in [5, 5.41) is 3.05. The lowest BCUT2D eigenvalue weighted by Gasteiger charge is -2.22. The first-order chi connectivity index (χ1) is 17.2. The molecular formula is C26H29ClN2O6S. The van der Waals surface area contributed by atoms with Crippen molar-refractivity contribution in [2.24, 2.45) is 0 Å². The molecule has 0 aliphatic rings. The molecule has 8 nitrogen and oxygen atoms in total. The summed E-state index contributed by atoms with van der Waals surface area (Å²) in [4.78, 5) is 13.3. The van der Waals surface area contributed by atoms with E-state index in [1.165, 1.54) is 32.4 Å². The van der Waals surface area contributed by atoms with E-state index in [1.54, 1.807) is 26.2 Å². The van der Waals surface area contributed by atoms with Crippen LogP contribution in [0.3, 0.4) is 0 Å². The lowest BCUT2D eigenvalue weighted by atomic mass is 10.0. The van der Waals surface area contributed by atoms with Gasteiger partial charge in [0.1, 0.15) is 11.8 Å². The molecule has 0 spiro atoms. The van der Waals surface area contributed by atoms with Crippen LogP contribution in [0.15, 0.2) is 71.6 Å². The van der Waals surface area contributed by atoms with Crippen molar-refractivity contribution in [3.63, 3.8) is 0 Å². The number of halogens is 1. The van der Waals surface area contributed by atoms with E-state index < -0.39 is 28.0 Å². The summed E-state index contributed by atoms with van der Waals surface area (Å²) < 4.78 is 44.6. The van der Waals surface area contributed by atoms with E-state index in [-0.39, 0.29) is 16.3 Å². The van der Waals surface area contributed by atoms with Crippen molar-refractivity contribution in [2.45, 2.75) is 30.3 Å². The highest BCUT2D eigenvalue weighted by molar-refractivity contribution is 7.89. The number of amides is 1. The zero-order chi connectivity index (χ0) is 26.3. The predicted molar refractivity (Wildman–Crippen MR) is 138 cm³/mol. The number of hydrogen-bond donors (Lipinski definition) is 2. The van der Waals surface area contributed by atoms with Crippen LogP contribution in [0.25, 0.3) is 0 Å². The third-order valence-electron chi connectivity index (χ3n) is 5.60. The maximum Gasteiger partial charge on any atom is 0.241 e. The molecule has 0 saturated carbocycles. The summed E-state index contributed by atoms with van der Waals surface area (Å²) in [6.45, 7) is 1.80. The predicted octanol–water partition coefficient (Wildman–Crippen LogP) is 4.13. The standard InChI is InChI=1S/C26H29ClN2O6S/c1-17(19-10-12-24(34-3)25(15-19)35-4)28-26(30)22(14-18-8-6-5-7-9-18)29-36(31,32)20-11-13-23(33-2)21(27)16-20/h5-13,15-17,22,29H,14H2,1-4H3,(H,28,30)/t17-,22+/m0/s1. The number of benzene rings is 3. The molecule has 0 aliphatic heterocycles. The SMILES string of the molecule is COc1ccc(S(=O)(=O)N[C@H](Cc2ccccc2)C(=O)N[C@@H](C)c2ccc(OC)c(OC)c2)cc1Cl. The second-order valence-corrected chi connectivity index (χ2v) is 10.1. The Morgan fingerprint density at radius 1 is 0.889 bits per heavy atom. The summed E-state index contributed by atoms with van der Waals surface area (Å²) in [5.74, 6) is 0.948. The monoisotopic (exact) mass is 532 g/mol. The Bertz CT molecular complexity index is 1300. The molecule has 2 N–H and O–H groups in total. The lowest BCUT2D eigenvalue weighted by Crippen LogP contribution is -2.48. The van der Waals surface area contributed by atoms with Gasteiger partial charge in [-0.2, -0.15) is 4.72 Å². The molecule has 10 heteroatoms. The van der Waals surface area contributed by atoms with Gasteiger partial charge in [-0.1, -0.05) is 48.0 Å². The van der Waals surface area contributed by atoms with Crippen molar-refractivity contribution in [1.82, 2.24) is 10.0 Å². The first kappa shape index (κ1) is 27.3. The Kier molecular flexibility index (Phi) is 9.19. The maximum absolute atomic E-state index is 13.3. The van der Waals surface area contributed by atoms with Crippen LogP contribution in [0.2, 0.25) is 5.02 Å². The second kappa shape index (κ2) is 12.1. The largest absolute Gasteiger partial charge is 0.495 e. The molecule has 0 unspecified atom stereocenters. The second-order valence-electron chi connectivity index (χ2n) is 8.00. The molecule has 2 atom stereocenters. The summed E-state index contributed by atoms with van der Waals surface area (Å²) in [7, 11) is 0.428. The van der Waals surface area contributed by atoms with Gasteiger partial charge < -0.3 is 19.5 Å². The molecule has 0 fully saturated rings. The number of methoxy groups -OCH3 is 3. The summed E-state index contributed by atoms with van der Waals surface area (Å²) in [6, 6.07) is 17.1. The molecule has 1 amide bonds. The van der Waals surface area contributed by atoms with Gasteiger partial charge in [0.2, 0.25) is 15.9 Å². The van der Waals surface area contributed by atoms with E-state index >= 15 is 0 Å². The smallest absolute Gasteiger partial charge is 0.241 e. The highest BCUT2D eigenvalue weighted by Crippen LogP contribution is 2.30. The average Bonchev–Trinajstić information content (AvgIpc) is 2.88. The van der Waals surface area contributed by atoms with Gasteiger partial charge in [-0.25, -0.2) is 8.42 Å². The van der Waals surface area contributed by atoms with E-state index in [0.29, 0.717) is 17.2 Å². The van der Waals surface area contributed by atoms with E-state index in [1.807, 2.05) is 36.4 Å². The van der Waals surface area contributed by atoms with Gasteiger partial charge in [0, 0.05) is 0 Å². The van der Waals surface area contributed by atoms with Crippen molar-refractivity contribution >= 4 is 27.5 Å². The van der Waals surface area contributed by atoms with Crippen molar-refractivity contribution in [2.75, 3.05) is 21.3 Å². The Morgan fingerprint density at radius 2 is 1.53 bits per heavy atom.